The van der Waals surface area contributed by atoms with E-state index < -0.39 is 6.29 Å². The topological polar surface area (TPSA) is 29.5 Å². The maximum Gasteiger partial charge on any atom is 0.164 e. The number of aliphatic hydroxyl groups is 1. The molecular weight excluding hydrogens is 207 g/mol. The maximum absolute atomic E-state index is 8.71. The fraction of sp³-hybridized carbons (Fsp3) is 1.00. The van der Waals surface area contributed by atoms with Crippen molar-refractivity contribution in [2.75, 3.05) is 4.43 Å². The van der Waals surface area contributed by atoms with Crippen LogP contribution in [0.15, 0.2) is 0 Å². The van der Waals surface area contributed by atoms with Crippen molar-refractivity contribution >= 4 is 21.6 Å². The van der Waals surface area contributed by atoms with Crippen LogP contribution < -0.4 is 0 Å². The summed E-state index contributed by atoms with van der Waals surface area (Å²) < 4.78 is 6.16. The van der Waals surface area contributed by atoms with Crippen molar-refractivity contribution in [3.63, 3.8) is 0 Å². The van der Waals surface area contributed by atoms with Gasteiger partial charge in [0.25, 0.3) is 0 Å². The van der Waals surface area contributed by atoms with Gasteiger partial charge in [0.1, 0.15) is 0 Å². The standard InChI is InChI=1S/C4H8IO2/c6-4-2-1-3-5-7-4/h4,6H,1-3H2. The Morgan fingerprint density at radius 2 is 2.57 bits per heavy atom. The molecule has 1 N–H and O–H groups in total. The minimum Gasteiger partial charge on any atom is -0.367 e. The zero-order valence-corrected chi connectivity index (χ0v) is 6.09. The minimum absolute atomic E-state index is 0.0755. The second-order valence-corrected chi connectivity index (χ2v) is 3.69. The molecule has 1 heterocycles. The molecule has 1 saturated heterocycles. The smallest absolute Gasteiger partial charge is 0.164 e. The van der Waals surface area contributed by atoms with Crippen molar-refractivity contribution in [2.24, 2.45) is 0 Å². The SMILES string of the molecule is OC1CCC[I]O1. The average molecular weight is 215 g/mol. The van der Waals surface area contributed by atoms with Gasteiger partial charge in [-0.15, -0.1) is 0 Å². The van der Waals surface area contributed by atoms with E-state index in [1.165, 1.54) is 4.43 Å². The van der Waals surface area contributed by atoms with Gasteiger partial charge in [0.2, 0.25) is 0 Å². The maximum atomic E-state index is 8.71. The van der Waals surface area contributed by atoms with Gasteiger partial charge in [-0.2, -0.15) is 0 Å². The fourth-order valence-electron chi connectivity index (χ4n) is 0.468. The van der Waals surface area contributed by atoms with E-state index in [1.54, 1.807) is 0 Å². The lowest BCUT2D eigenvalue weighted by Gasteiger charge is -2.14. The molecule has 0 bridgehead atoms. The van der Waals surface area contributed by atoms with Crippen molar-refractivity contribution in [2.45, 2.75) is 19.1 Å². The van der Waals surface area contributed by atoms with E-state index in [0.29, 0.717) is 0 Å². The van der Waals surface area contributed by atoms with Crippen LogP contribution in [0.25, 0.3) is 0 Å². The van der Waals surface area contributed by atoms with Gasteiger partial charge in [-0.1, -0.05) is 0 Å². The molecule has 0 aromatic heterocycles. The van der Waals surface area contributed by atoms with Crippen LogP contribution in [-0.2, 0) is 3.07 Å². The molecule has 7 heavy (non-hydrogen) atoms. The fourth-order valence-corrected chi connectivity index (χ4v) is 2.14. The summed E-state index contributed by atoms with van der Waals surface area (Å²) in [5, 5.41) is 8.71. The number of halogens is 1. The number of hydrogen-bond acceptors (Lipinski definition) is 2. The van der Waals surface area contributed by atoms with E-state index in [1.807, 2.05) is 0 Å². The molecule has 1 aliphatic rings. The Balaban J connectivity index is 2.12. The molecule has 1 atom stereocenters. The van der Waals surface area contributed by atoms with Gasteiger partial charge >= 0.3 is 0 Å². The number of aliphatic hydroxyl groups excluding tert-OH is 1. The second-order valence-electron chi connectivity index (χ2n) is 1.48. The Labute approximate surface area is 53.7 Å². The highest BCUT2D eigenvalue weighted by Crippen LogP contribution is 2.24. The Hall–Kier alpha value is 0.650. The molecule has 1 rings (SSSR count). The van der Waals surface area contributed by atoms with Gasteiger partial charge in [0, 0.05) is 26.0 Å². The predicted octanol–water partition coefficient (Wildman–Crippen LogP) is 1.00. The zero-order chi connectivity index (χ0) is 5.11. The summed E-state index contributed by atoms with van der Waals surface area (Å²) >= 11 is -0.0755. The van der Waals surface area contributed by atoms with Crippen LogP contribution in [0.3, 0.4) is 0 Å². The molecule has 2 nitrogen and oxygen atoms in total. The first-order valence-corrected chi connectivity index (χ1v) is 4.73. The molecule has 0 spiro atoms. The monoisotopic (exact) mass is 215 g/mol. The molecule has 3 heteroatoms. The summed E-state index contributed by atoms with van der Waals surface area (Å²) in [7, 11) is 0. The van der Waals surface area contributed by atoms with E-state index in [2.05, 4.69) is 0 Å². The van der Waals surface area contributed by atoms with Gasteiger partial charge in [-0.3, -0.25) is 3.07 Å². The number of alkyl halides is 1. The van der Waals surface area contributed by atoms with Crippen molar-refractivity contribution in [1.29, 1.82) is 0 Å². The highest BCUT2D eigenvalue weighted by atomic mass is 127. The van der Waals surface area contributed by atoms with E-state index in [-0.39, 0.29) is 21.6 Å². The Morgan fingerprint density at radius 1 is 1.71 bits per heavy atom. The third kappa shape index (κ3) is 1.92. The van der Waals surface area contributed by atoms with E-state index >= 15 is 0 Å². The van der Waals surface area contributed by atoms with Crippen LogP contribution in [0, 0.1) is 0 Å². The lowest BCUT2D eigenvalue weighted by atomic mass is 10.3. The Kier molecular flexibility index (Phi) is 2.34. The third-order valence-electron chi connectivity index (χ3n) is 0.828. The van der Waals surface area contributed by atoms with E-state index in [9.17, 15) is 0 Å². The summed E-state index contributed by atoms with van der Waals surface area (Å²) in [6.07, 6.45) is 1.59. The summed E-state index contributed by atoms with van der Waals surface area (Å²) in [5.74, 6) is 0. The first kappa shape index (κ1) is 5.78. The van der Waals surface area contributed by atoms with Crippen molar-refractivity contribution in [1.82, 2.24) is 0 Å². The quantitative estimate of drug-likeness (QED) is 0.482. The van der Waals surface area contributed by atoms with Crippen molar-refractivity contribution < 1.29 is 8.17 Å². The zero-order valence-electron chi connectivity index (χ0n) is 3.93. The first-order chi connectivity index (χ1) is 3.39. The predicted molar refractivity (Wildman–Crippen MR) is 35.2 cm³/mol. The van der Waals surface area contributed by atoms with Gasteiger partial charge < -0.3 is 5.11 Å². The van der Waals surface area contributed by atoms with Gasteiger partial charge in [-0.05, 0) is 12.8 Å². The Bertz CT molecular complexity index is 51.7. The van der Waals surface area contributed by atoms with Crippen LogP contribution in [0.2, 0.25) is 0 Å². The summed E-state index contributed by atoms with van der Waals surface area (Å²) in [5.41, 5.74) is 0. The third-order valence-corrected chi connectivity index (χ3v) is 2.98. The summed E-state index contributed by atoms with van der Waals surface area (Å²) in [4.78, 5) is 0. The molecule has 1 unspecified atom stereocenters. The average Bonchev–Trinajstić information content (AvgIpc) is 1.69. The molecule has 0 amide bonds. The number of rotatable bonds is 0. The number of hydrogen-bond donors (Lipinski definition) is 1. The van der Waals surface area contributed by atoms with Gasteiger partial charge in [-0.25, -0.2) is 0 Å². The van der Waals surface area contributed by atoms with Crippen LogP contribution in [-0.4, -0.2) is 15.8 Å². The van der Waals surface area contributed by atoms with Crippen molar-refractivity contribution in [3.05, 3.63) is 0 Å². The molecular formula is C4H8IO2. The van der Waals surface area contributed by atoms with Gasteiger partial charge in [0.15, 0.2) is 6.29 Å². The van der Waals surface area contributed by atoms with E-state index in [4.69, 9.17) is 8.17 Å². The van der Waals surface area contributed by atoms with Crippen molar-refractivity contribution in [3.8, 4) is 0 Å². The van der Waals surface area contributed by atoms with E-state index in [0.717, 1.165) is 12.8 Å². The molecule has 1 aliphatic heterocycles. The Morgan fingerprint density at radius 3 is 2.86 bits per heavy atom. The minimum atomic E-state index is -0.415. The highest BCUT2D eigenvalue weighted by Gasteiger charge is 2.08. The summed E-state index contributed by atoms with van der Waals surface area (Å²) in [6, 6.07) is 0. The van der Waals surface area contributed by atoms with Crippen LogP contribution in [0.5, 0.6) is 0 Å². The second kappa shape index (κ2) is 2.84. The first-order valence-electron chi connectivity index (χ1n) is 2.32. The normalized spacial score (nSPS) is 33.0. The summed E-state index contributed by atoms with van der Waals surface area (Å²) in [6.45, 7) is 0. The molecule has 0 saturated carbocycles. The molecule has 43 valence electrons. The molecule has 0 aliphatic carbocycles. The molecule has 1 radical (unpaired) electrons. The lowest BCUT2D eigenvalue weighted by molar-refractivity contribution is 0.00755. The largest absolute Gasteiger partial charge is 0.367 e. The molecule has 1 fully saturated rings. The van der Waals surface area contributed by atoms with Crippen LogP contribution in [0.1, 0.15) is 12.8 Å². The molecule has 0 aromatic carbocycles. The molecule has 0 aromatic rings. The van der Waals surface area contributed by atoms with Gasteiger partial charge in [0.05, 0.1) is 0 Å². The lowest BCUT2D eigenvalue weighted by Crippen LogP contribution is -2.10. The highest BCUT2D eigenvalue weighted by molar-refractivity contribution is 14.2. The van der Waals surface area contributed by atoms with Crippen LogP contribution in [0.4, 0.5) is 0 Å². The van der Waals surface area contributed by atoms with Crippen LogP contribution >= 0.6 is 21.6 Å².